The number of nitrogens with one attached hydrogen (secondary N) is 2. The average Bonchev–Trinajstić information content (AvgIpc) is 2.70. The first kappa shape index (κ1) is 22.5. The van der Waals surface area contributed by atoms with Crippen molar-refractivity contribution in [1.29, 1.82) is 0 Å². The van der Waals surface area contributed by atoms with Crippen LogP contribution >= 0.6 is 0 Å². The van der Waals surface area contributed by atoms with Gasteiger partial charge >= 0.3 is 0 Å². The Kier molecular flexibility index (Phi) is 6.20. The van der Waals surface area contributed by atoms with Crippen molar-refractivity contribution in [2.24, 2.45) is 0 Å². The summed E-state index contributed by atoms with van der Waals surface area (Å²) in [6.45, 7) is 0. The van der Waals surface area contributed by atoms with Gasteiger partial charge in [-0.2, -0.15) is 0 Å². The quantitative estimate of drug-likeness (QED) is 0.500. The van der Waals surface area contributed by atoms with Gasteiger partial charge in [-0.15, -0.1) is 4.13 Å². The number of nitrogens with zero attached hydrogens (tertiary/aromatic N) is 2. The predicted octanol–water partition coefficient (Wildman–Crippen LogP) is 1.64. The van der Waals surface area contributed by atoms with Crippen LogP contribution in [-0.4, -0.2) is 54.4 Å². The lowest BCUT2D eigenvalue weighted by molar-refractivity contribution is 0.327. The second-order valence-corrected chi connectivity index (χ2v) is 9.96. The molecule has 0 spiro atoms. The second kappa shape index (κ2) is 8.53. The van der Waals surface area contributed by atoms with Crippen LogP contribution in [0.2, 0.25) is 0 Å². The molecule has 3 aromatic rings. The van der Waals surface area contributed by atoms with Gasteiger partial charge in [0.05, 0.1) is 43.4 Å². The standard InChI is InChI=1S/C18H20N4O7S2/c1-27-14-9-13-15(17(29-3)16(14)28-2)18(20-10-19-13)21-11-6-5-7-12(8-11)31(25,26)22-30(4,23)24/h5-10,22H,1-4H3,(H,19,20,21). The summed E-state index contributed by atoms with van der Waals surface area (Å²) in [4.78, 5) is 8.22. The summed E-state index contributed by atoms with van der Waals surface area (Å²) >= 11 is 0. The van der Waals surface area contributed by atoms with Crippen molar-refractivity contribution in [3.63, 3.8) is 0 Å². The fourth-order valence-electron chi connectivity index (χ4n) is 2.91. The molecule has 0 amide bonds. The first-order chi connectivity index (χ1) is 14.6. The van der Waals surface area contributed by atoms with Crippen LogP contribution < -0.4 is 23.7 Å². The van der Waals surface area contributed by atoms with Gasteiger partial charge in [0.15, 0.2) is 11.5 Å². The van der Waals surface area contributed by atoms with Gasteiger partial charge in [-0.3, -0.25) is 0 Å². The highest BCUT2D eigenvalue weighted by molar-refractivity contribution is 8.04. The van der Waals surface area contributed by atoms with Gasteiger partial charge in [-0.25, -0.2) is 26.8 Å². The van der Waals surface area contributed by atoms with Crippen LogP contribution in [0.3, 0.4) is 0 Å². The maximum Gasteiger partial charge on any atom is 0.253 e. The van der Waals surface area contributed by atoms with Crippen molar-refractivity contribution < 1.29 is 31.0 Å². The minimum absolute atomic E-state index is 0.243. The third kappa shape index (κ3) is 4.78. The minimum atomic E-state index is -4.28. The summed E-state index contributed by atoms with van der Waals surface area (Å²) in [5, 5.41) is 3.49. The lowest BCUT2D eigenvalue weighted by Crippen LogP contribution is -2.29. The number of aromatic nitrogens is 2. The first-order valence-corrected chi connectivity index (χ1v) is 12.0. The van der Waals surface area contributed by atoms with Crippen LogP contribution in [0.5, 0.6) is 17.2 Å². The van der Waals surface area contributed by atoms with Crippen LogP contribution in [-0.2, 0) is 20.0 Å². The first-order valence-electron chi connectivity index (χ1n) is 8.64. The molecule has 166 valence electrons. The van der Waals surface area contributed by atoms with E-state index in [9.17, 15) is 16.8 Å². The predicted molar refractivity (Wildman–Crippen MR) is 114 cm³/mol. The van der Waals surface area contributed by atoms with Crippen molar-refractivity contribution in [2.45, 2.75) is 4.90 Å². The van der Waals surface area contributed by atoms with Crippen molar-refractivity contribution in [1.82, 2.24) is 14.1 Å². The number of anilines is 2. The molecule has 0 aliphatic carbocycles. The number of ether oxygens (including phenoxy) is 3. The molecule has 2 aromatic carbocycles. The highest BCUT2D eigenvalue weighted by Crippen LogP contribution is 2.45. The second-order valence-electron chi connectivity index (χ2n) is 6.27. The molecule has 11 nitrogen and oxygen atoms in total. The normalized spacial score (nSPS) is 11.9. The Bertz CT molecular complexity index is 1340. The molecule has 0 aliphatic heterocycles. The molecule has 0 saturated heterocycles. The van der Waals surface area contributed by atoms with Gasteiger partial charge in [0.1, 0.15) is 12.1 Å². The van der Waals surface area contributed by atoms with Crippen LogP contribution in [0.4, 0.5) is 11.5 Å². The number of rotatable bonds is 8. The average molecular weight is 469 g/mol. The van der Waals surface area contributed by atoms with Gasteiger partial charge in [0, 0.05) is 11.8 Å². The molecule has 1 heterocycles. The summed E-state index contributed by atoms with van der Waals surface area (Å²) < 4.78 is 65.2. The third-order valence-electron chi connectivity index (χ3n) is 4.10. The molecule has 2 N–H and O–H groups in total. The van der Waals surface area contributed by atoms with Gasteiger partial charge in [-0.05, 0) is 18.2 Å². The monoisotopic (exact) mass is 468 g/mol. The molecule has 0 atom stereocenters. The zero-order chi connectivity index (χ0) is 22.8. The Labute approximate surface area is 179 Å². The minimum Gasteiger partial charge on any atom is -0.493 e. The van der Waals surface area contributed by atoms with E-state index in [0.717, 1.165) is 6.26 Å². The van der Waals surface area contributed by atoms with Crippen LogP contribution in [0, 0.1) is 0 Å². The van der Waals surface area contributed by atoms with E-state index in [-0.39, 0.29) is 4.90 Å². The molecule has 31 heavy (non-hydrogen) atoms. The van der Waals surface area contributed by atoms with E-state index >= 15 is 0 Å². The Morgan fingerprint density at radius 2 is 1.61 bits per heavy atom. The summed E-state index contributed by atoms with van der Waals surface area (Å²) in [7, 11) is -3.85. The van der Waals surface area contributed by atoms with E-state index in [1.165, 1.54) is 45.9 Å². The summed E-state index contributed by atoms with van der Waals surface area (Å²) in [5.74, 6) is 1.39. The van der Waals surface area contributed by atoms with E-state index in [2.05, 4.69) is 15.3 Å². The molecule has 3 rings (SSSR count). The van der Waals surface area contributed by atoms with Gasteiger partial charge in [0.25, 0.3) is 10.0 Å². The lowest BCUT2D eigenvalue weighted by Gasteiger charge is -2.16. The molecule has 0 saturated carbocycles. The fourth-order valence-corrected chi connectivity index (χ4v) is 5.43. The van der Waals surface area contributed by atoms with E-state index in [0.29, 0.717) is 39.7 Å². The van der Waals surface area contributed by atoms with Gasteiger partial charge in [0.2, 0.25) is 15.8 Å². The third-order valence-corrected chi connectivity index (χ3v) is 7.06. The maximum absolute atomic E-state index is 12.3. The number of benzene rings is 2. The van der Waals surface area contributed by atoms with Crippen LogP contribution in [0.15, 0.2) is 41.6 Å². The van der Waals surface area contributed by atoms with E-state index < -0.39 is 20.0 Å². The largest absolute Gasteiger partial charge is 0.493 e. The number of hydrogen-bond donors (Lipinski definition) is 2. The van der Waals surface area contributed by atoms with E-state index in [1.807, 2.05) is 0 Å². The van der Waals surface area contributed by atoms with Crippen molar-refractivity contribution in [3.05, 3.63) is 36.7 Å². The molecule has 0 bridgehead atoms. The fraction of sp³-hybridized carbons (Fsp3) is 0.222. The van der Waals surface area contributed by atoms with Crippen molar-refractivity contribution >= 4 is 42.5 Å². The van der Waals surface area contributed by atoms with Crippen LogP contribution in [0.25, 0.3) is 10.9 Å². The number of sulfonamides is 2. The summed E-state index contributed by atoms with van der Waals surface area (Å²) in [6, 6.07) is 7.25. The molecular formula is C18H20N4O7S2. The lowest BCUT2D eigenvalue weighted by atomic mass is 10.1. The molecular weight excluding hydrogens is 448 g/mol. The molecule has 0 unspecified atom stereocenters. The SMILES string of the molecule is COc1cc2ncnc(Nc3cccc(S(=O)(=O)NS(C)(=O)=O)c3)c2c(OC)c1OC. The van der Waals surface area contributed by atoms with Gasteiger partial charge < -0.3 is 19.5 Å². The smallest absolute Gasteiger partial charge is 0.253 e. The Morgan fingerprint density at radius 1 is 0.903 bits per heavy atom. The van der Waals surface area contributed by atoms with Crippen molar-refractivity contribution in [3.8, 4) is 17.2 Å². The summed E-state index contributed by atoms with van der Waals surface area (Å²) in [5.41, 5.74) is 0.836. The van der Waals surface area contributed by atoms with Crippen LogP contribution in [0.1, 0.15) is 0 Å². The van der Waals surface area contributed by atoms with Crippen molar-refractivity contribution in [2.75, 3.05) is 32.9 Å². The highest BCUT2D eigenvalue weighted by Gasteiger charge is 2.22. The molecule has 0 fully saturated rings. The topological polar surface area (TPSA) is 146 Å². The number of hydrogen-bond acceptors (Lipinski definition) is 10. The van der Waals surface area contributed by atoms with E-state index in [1.54, 1.807) is 16.3 Å². The summed E-state index contributed by atoms with van der Waals surface area (Å²) in [6.07, 6.45) is 2.08. The Balaban J connectivity index is 2.11. The number of fused-ring (bicyclic) bond motifs is 1. The highest BCUT2D eigenvalue weighted by atomic mass is 32.3. The Morgan fingerprint density at radius 3 is 2.23 bits per heavy atom. The number of methoxy groups -OCH3 is 3. The maximum atomic E-state index is 12.3. The molecule has 1 aromatic heterocycles. The van der Waals surface area contributed by atoms with Gasteiger partial charge in [-0.1, -0.05) is 6.07 Å². The molecule has 0 aliphatic rings. The zero-order valence-corrected chi connectivity index (χ0v) is 18.7. The Hall–Kier alpha value is -3.16. The zero-order valence-electron chi connectivity index (χ0n) is 17.0. The van der Waals surface area contributed by atoms with E-state index in [4.69, 9.17) is 14.2 Å². The molecule has 0 radical (unpaired) electrons. The molecule has 13 heteroatoms.